The van der Waals surface area contributed by atoms with Crippen molar-refractivity contribution in [1.82, 2.24) is 15.5 Å². The van der Waals surface area contributed by atoms with E-state index in [0.717, 1.165) is 17.0 Å². The van der Waals surface area contributed by atoms with E-state index >= 15 is 0 Å². The summed E-state index contributed by atoms with van der Waals surface area (Å²) in [6.45, 7) is 7.55. The zero-order chi connectivity index (χ0) is 17.9. The number of amides is 1. The van der Waals surface area contributed by atoms with Gasteiger partial charge >= 0.3 is 0 Å². The van der Waals surface area contributed by atoms with Gasteiger partial charge in [0, 0.05) is 12.1 Å². The lowest BCUT2D eigenvalue weighted by atomic mass is 9.95. The van der Waals surface area contributed by atoms with Crippen LogP contribution in [0.3, 0.4) is 0 Å². The van der Waals surface area contributed by atoms with E-state index in [0.29, 0.717) is 12.0 Å². The highest BCUT2D eigenvalue weighted by Crippen LogP contribution is 2.24. The van der Waals surface area contributed by atoms with Crippen LogP contribution in [0.1, 0.15) is 54.8 Å². The van der Waals surface area contributed by atoms with Crippen LogP contribution in [0.2, 0.25) is 0 Å². The number of aryl methyl sites for hydroxylation is 2. The quantitative estimate of drug-likeness (QED) is 0.760. The molecule has 3 atom stereocenters. The summed E-state index contributed by atoms with van der Waals surface area (Å²) in [5.74, 6) is -0.475. The predicted octanol–water partition coefficient (Wildman–Crippen LogP) is 2.90. The topological polar surface area (TPSA) is 78.0 Å². The van der Waals surface area contributed by atoms with Crippen molar-refractivity contribution >= 4 is 5.91 Å². The van der Waals surface area contributed by atoms with Crippen LogP contribution in [0.15, 0.2) is 24.3 Å². The van der Waals surface area contributed by atoms with Crippen molar-refractivity contribution in [2.24, 2.45) is 0 Å². The number of H-pyrrole nitrogens is 1. The van der Waals surface area contributed by atoms with Crippen LogP contribution >= 0.6 is 0 Å². The summed E-state index contributed by atoms with van der Waals surface area (Å²) in [6.07, 6.45) is -0.580. The van der Waals surface area contributed by atoms with E-state index in [-0.39, 0.29) is 17.6 Å². The molecule has 0 spiro atoms. The fraction of sp³-hybridized carbons (Fsp3) is 0.444. The van der Waals surface area contributed by atoms with E-state index in [1.165, 1.54) is 24.3 Å². The van der Waals surface area contributed by atoms with Gasteiger partial charge in [0.1, 0.15) is 5.82 Å². The van der Waals surface area contributed by atoms with Crippen LogP contribution < -0.4 is 5.32 Å². The number of aromatic amines is 1. The second-order valence-corrected chi connectivity index (χ2v) is 6.31. The number of carbonyl (C=O) groups is 1. The lowest BCUT2D eigenvalue weighted by Crippen LogP contribution is -2.37. The lowest BCUT2D eigenvalue weighted by Gasteiger charge is -2.22. The normalized spacial score (nSPS) is 14.9. The van der Waals surface area contributed by atoms with Gasteiger partial charge in [-0.3, -0.25) is 9.89 Å². The summed E-state index contributed by atoms with van der Waals surface area (Å²) in [5, 5.41) is 20.2. The number of rotatable bonds is 6. The third-order valence-electron chi connectivity index (χ3n) is 4.24. The van der Waals surface area contributed by atoms with Crippen molar-refractivity contribution in [1.29, 1.82) is 0 Å². The van der Waals surface area contributed by atoms with Crippen LogP contribution in [0, 0.1) is 19.7 Å². The van der Waals surface area contributed by atoms with Gasteiger partial charge in [0.25, 0.3) is 0 Å². The summed E-state index contributed by atoms with van der Waals surface area (Å²) in [7, 11) is 0. The first-order valence-corrected chi connectivity index (χ1v) is 8.04. The Morgan fingerprint density at radius 2 is 1.92 bits per heavy atom. The number of aliphatic hydroxyl groups excluding tert-OH is 1. The predicted molar refractivity (Wildman–Crippen MR) is 90.1 cm³/mol. The largest absolute Gasteiger partial charge is 0.386 e. The third kappa shape index (κ3) is 4.20. The highest BCUT2D eigenvalue weighted by Gasteiger charge is 2.22. The van der Waals surface area contributed by atoms with Gasteiger partial charge in [-0.2, -0.15) is 5.10 Å². The van der Waals surface area contributed by atoms with Crippen LogP contribution in [-0.4, -0.2) is 27.3 Å². The van der Waals surface area contributed by atoms with Crippen molar-refractivity contribution in [3.63, 3.8) is 0 Å². The molecule has 0 saturated carbocycles. The number of aromatic nitrogens is 2. The summed E-state index contributed by atoms with van der Waals surface area (Å²) in [4.78, 5) is 12.3. The molecule has 2 rings (SSSR count). The zero-order valence-electron chi connectivity index (χ0n) is 14.4. The van der Waals surface area contributed by atoms with Crippen molar-refractivity contribution in [2.45, 2.75) is 52.2 Å². The number of aliphatic hydroxyl groups is 1. The number of hydrogen-bond donors (Lipinski definition) is 3. The van der Waals surface area contributed by atoms with Crippen LogP contribution in [0.5, 0.6) is 0 Å². The Bertz CT molecular complexity index is 677. The average molecular weight is 333 g/mol. The Kier molecular flexibility index (Phi) is 5.72. The molecule has 6 heteroatoms. The van der Waals surface area contributed by atoms with Gasteiger partial charge in [0.2, 0.25) is 5.91 Å². The van der Waals surface area contributed by atoms with Gasteiger partial charge in [-0.1, -0.05) is 19.1 Å². The van der Waals surface area contributed by atoms with Crippen molar-refractivity contribution in [2.75, 3.05) is 0 Å². The molecule has 24 heavy (non-hydrogen) atoms. The summed E-state index contributed by atoms with van der Waals surface area (Å²) >= 11 is 0. The molecule has 3 unspecified atom stereocenters. The molecule has 0 aliphatic rings. The highest BCUT2D eigenvalue weighted by molar-refractivity contribution is 5.77. The number of benzene rings is 1. The average Bonchev–Trinajstić information content (AvgIpc) is 2.86. The van der Waals surface area contributed by atoms with Gasteiger partial charge < -0.3 is 10.4 Å². The zero-order valence-corrected chi connectivity index (χ0v) is 14.4. The minimum Gasteiger partial charge on any atom is -0.386 e. The van der Waals surface area contributed by atoms with Gasteiger partial charge in [-0.15, -0.1) is 0 Å². The molecular formula is C18H24FN3O2. The van der Waals surface area contributed by atoms with Crippen LogP contribution in [0.25, 0.3) is 0 Å². The molecule has 1 amide bonds. The van der Waals surface area contributed by atoms with Crippen molar-refractivity contribution < 1.29 is 14.3 Å². The second-order valence-electron chi connectivity index (χ2n) is 6.31. The standard InChI is InChI=1S/C18H24FN3O2/c1-10(17-11(2)21-22-12(17)3)9-16(23)20-13(4)18(24)14-5-7-15(19)8-6-14/h5-8,10,13,18,24H,9H2,1-4H3,(H,20,23)(H,21,22). The van der Waals surface area contributed by atoms with Gasteiger partial charge in [-0.25, -0.2) is 4.39 Å². The fourth-order valence-electron chi connectivity index (χ4n) is 3.01. The SMILES string of the molecule is Cc1n[nH]c(C)c1C(C)CC(=O)NC(C)C(O)c1ccc(F)cc1. The van der Waals surface area contributed by atoms with Gasteiger partial charge in [-0.05, 0) is 49.9 Å². The van der Waals surface area contributed by atoms with Crippen molar-refractivity contribution in [3.05, 3.63) is 52.6 Å². The number of hydrogen-bond acceptors (Lipinski definition) is 3. The van der Waals surface area contributed by atoms with Crippen molar-refractivity contribution in [3.8, 4) is 0 Å². The smallest absolute Gasteiger partial charge is 0.220 e. The molecule has 130 valence electrons. The van der Waals surface area contributed by atoms with Gasteiger partial charge in [0.05, 0.1) is 17.8 Å². The first-order chi connectivity index (χ1) is 11.3. The second kappa shape index (κ2) is 7.57. The van der Waals surface area contributed by atoms with Crippen LogP contribution in [0.4, 0.5) is 4.39 Å². The summed E-state index contributed by atoms with van der Waals surface area (Å²) in [6, 6.07) is 5.15. The Morgan fingerprint density at radius 3 is 2.46 bits per heavy atom. The molecule has 1 heterocycles. The Labute approximate surface area is 141 Å². The third-order valence-corrected chi connectivity index (χ3v) is 4.24. The maximum Gasteiger partial charge on any atom is 0.220 e. The number of nitrogens with one attached hydrogen (secondary N) is 2. The summed E-state index contributed by atoms with van der Waals surface area (Å²) in [5.41, 5.74) is 3.48. The molecule has 3 N–H and O–H groups in total. The monoisotopic (exact) mass is 333 g/mol. The van der Waals surface area contributed by atoms with Crippen LogP contribution in [-0.2, 0) is 4.79 Å². The fourth-order valence-corrected chi connectivity index (χ4v) is 3.01. The maximum atomic E-state index is 12.9. The van der Waals surface area contributed by atoms with E-state index in [2.05, 4.69) is 15.5 Å². The molecule has 2 aromatic rings. The number of nitrogens with zero attached hydrogens (tertiary/aromatic N) is 1. The molecule has 1 aromatic carbocycles. The lowest BCUT2D eigenvalue weighted by molar-refractivity contribution is -0.122. The first kappa shape index (κ1) is 18.1. The minimum atomic E-state index is -0.887. The molecule has 0 fully saturated rings. The molecule has 5 nitrogen and oxygen atoms in total. The number of halogens is 1. The first-order valence-electron chi connectivity index (χ1n) is 8.04. The minimum absolute atomic E-state index is 0.0268. The molecule has 0 aliphatic carbocycles. The Hall–Kier alpha value is -2.21. The van der Waals surface area contributed by atoms with E-state index in [1.54, 1.807) is 6.92 Å². The highest BCUT2D eigenvalue weighted by atomic mass is 19.1. The van der Waals surface area contributed by atoms with E-state index < -0.39 is 12.1 Å². The molecule has 0 radical (unpaired) electrons. The Balaban J connectivity index is 1.95. The molecule has 0 aliphatic heterocycles. The van der Waals surface area contributed by atoms with E-state index in [9.17, 15) is 14.3 Å². The van der Waals surface area contributed by atoms with E-state index in [1.807, 2.05) is 20.8 Å². The van der Waals surface area contributed by atoms with Gasteiger partial charge in [0.15, 0.2) is 0 Å². The molecule has 0 bridgehead atoms. The maximum absolute atomic E-state index is 12.9. The Morgan fingerprint density at radius 1 is 1.29 bits per heavy atom. The molecular weight excluding hydrogens is 309 g/mol. The number of carbonyl (C=O) groups excluding carboxylic acids is 1. The molecule has 0 saturated heterocycles. The molecule has 1 aromatic heterocycles. The van der Waals surface area contributed by atoms with E-state index in [4.69, 9.17) is 0 Å². The summed E-state index contributed by atoms with van der Waals surface area (Å²) < 4.78 is 12.9.